The summed E-state index contributed by atoms with van der Waals surface area (Å²) in [5, 5.41) is 5.66. The minimum absolute atomic E-state index is 0.0538. The Labute approximate surface area is 81.3 Å². The highest BCUT2D eigenvalue weighted by atomic mass is 16.2. The minimum Gasteiger partial charge on any atom is -0.338 e. The Hall–Kier alpha value is -0.730. The molecule has 0 rings (SSSR count). The van der Waals surface area contributed by atoms with Gasteiger partial charge in [0.25, 0.3) is 0 Å². The average molecular weight is 186 g/mol. The molecule has 0 heterocycles. The van der Waals surface area contributed by atoms with Gasteiger partial charge >= 0.3 is 6.03 Å². The third kappa shape index (κ3) is 4.76. The van der Waals surface area contributed by atoms with Gasteiger partial charge in [-0.25, -0.2) is 4.79 Å². The van der Waals surface area contributed by atoms with Gasteiger partial charge in [0, 0.05) is 12.6 Å². The number of rotatable bonds is 5. The fourth-order valence-corrected chi connectivity index (χ4v) is 1.53. The summed E-state index contributed by atoms with van der Waals surface area (Å²) < 4.78 is 0. The number of urea groups is 1. The molecule has 0 fully saturated rings. The van der Waals surface area contributed by atoms with Crippen molar-refractivity contribution in [2.24, 2.45) is 5.92 Å². The number of carbonyl (C=O) groups excluding carboxylic acids is 1. The van der Waals surface area contributed by atoms with E-state index in [4.69, 9.17) is 0 Å². The van der Waals surface area contributed by atoms with Gasteiger partial charge in [-0.3, -0.25) is 0 Å². The molecule has 0 aliphatic carbocycles. The molecule has 1 unspecified atom stereocenters. The molecule has 0 saturated heterocycles. The van der Waals surface area contributed by atoms with E-state index >= 15 is 0 Å². The number of amides is 2. The van der Waals surface area contributed by atoms with Gasteiger partial charge in [0.05, 0.1) is 0 Å². The summed E-state index contributed by atoms with van der Waals surface area (Å²) in [6, 6.07) is 0.212. The highest BCUT2D eigenvalue weighted by molar-refractivity contribution is 5.74. The molecule has 0 aromatic rings. The topological polar surface area (TPSA) is 41.1 Å². The lowest BCUT2D eigenvalue weighted by molar-refractivity contribution is 0.232. The summed E-state index contributed by atoms with van der Waals surface area (Å²) in [6.07, 6.45) is 2.23. The van der Waals surface area contributed by atoms with Crippen LogP contribution in [0.4, 0.5) is 4.79 Å². The maximum atomic E-state index is 11.2. The summed E-state index contributed by atoms with van der Waals surface area (Å²) in [6.45, 7) is 8.98. The molecule has 2 N–H and O–H groups in total. The van der Waals surface area contributed by atoms with E-state index < -0.39 is 0 Å². The Morgan fingerprint density at radius 2 is 1.77 bits per heavy atom. The van der Waals surface area contributed by atoms with Gasteiger partial charge < -0.3 is 10.6 Å². The maximum absolute atomic E-state index is 11.2. The molecular weight excluding hydrogens is 164 g/mol. The molecule has 0 aliphatic rings. The quantitative estimate of drug-likeness (QED) is 0.678. The van der Waals surface area contributed by atoms with Crippen LogP contribution in [0.3, 0.4) is 0 Å². The minimum atomic E-state index is -0.0538. The Morgan fingerprint density at radius 1 is 1.23 bits per heavy atom. The van der Waals surface area contributed by atoms with Crippen LogP contribution in [0, 0.1) is 5.92 Å². The van der Waals surface area contributed by atoms with E-state index in [1.165, 1.54) is 0 Å². The second-order valence-electron chi connectivity index (χ2n) is 3.37. The summed E-state index contributed by atoms with van der Waals surface area (Å²) in [5.74, 6) is 0.586. The van der Waals surface area contributed by atoms with E-state index in [0.29, 0.717) is 12.5 Å². The van der Waals surface area contributed by atoms with Gasteiger partial charge in [-0.15, -0.1) is 0 Å². The van der Waals surface area contributed by atoms with Crippen molar-refractivity contribution in [1.29, 1.82) is 0 Å². The van der Waals surface area contributed by atoms with Crippen molar-refractivity contribution in [3.05, 3.63) is 0 Å². The third-order valence-electron chi connectivity index (χ3n) is 2.45. The Bertz CT molecular complexity index is 144. The van der Waals surface area contributed by atoms with Crippen molar-refractivity contribution in [2.75, 3.05) is 6.54 Å². The zero-order valence-electron chi connectivity index (χ0n) is 9.18. The molecule has 0 aliphatic heterocycles. The smallest absolute Gasteiger partial charge is 0.314 e. The lowest BCUT2D eigenvalue weighted by Crippen LogP contribution is -2.43. The molecule has 0 aromatic carbocycles. The first kappa shape index (κ1) is 12.3. The molecule has 0 saturated carbocycles. The third-order valence-corrected chi connectivity index (χ3v) is 2.45. The van der Waals surface area contributed by atoms with Crippen LogP contribution >= 0.6 is 0 Å². The normalized spacial score (nSPS) is 12.7. The van der Waals surface area contributed by atoms with E-state index in [9.17, 15) is 4.79 Å². The van der Waals surface area contributed by atoms with Crippen LogP contribution in [0.1, 0.15) is 40.5 Å². The fourth-order valence-electron chi connectivity index (χ4n) is 1.53. The predicted molar refractivity (Wildman–Crippen MR) is 55.7 cm³/mol. The molecule has 2 amide bonds. The van der Waals surface area contributed by atoms with Gasteiger partial charge in [-0.05, 0) is 19.8 Å². The Kier molecular flexibility index (Phi) is 6.37. The van der Waals surface area contributed by atoms with Crippen LogP contribution in [0.2, 0.25) is 0 Å². The van der Waals surface area contributed by atoms with Gasteiger partial charge in [0.1, 0.15) is 0 Å². The van der Waals surface area contributed by atoms with E-state index in [1.54, 1.807) is 0 Å². The van der Waals surface area contributed by atoms with Crippen LogP contribution in [0.5, 0.6) is 0 Å². The van der Waals surface area contributed by atoms with Gasteiger partial charge in [-0.1, -0.05) is 26.7 Å². The maximum Gasteiger partial charge on any atom is 0.314 e. The van der Waals surface area contributed by atoms with E-state index in [-0.39, 0.29) is 12.1 Å². The molecule has 3 nitrogen and oxygen atoms in total. The van der Waals surface area contributed by atoms with Crippen molar-refractivity contribution in [2.45, 2.75) is 46.6 Å². The molecule has 78 valence electrons. The second-order valence-corrected chi connectivity index (χ2v) is 3.37. The van der Waals surface area contributed by atoms with Crippen molar-refractivity contribution in [3.8, 4) is 0 Å². The second kappa shape index (κ2) is 6.75. The van der Waals surface area contributed by atoms with Gasteiger partial charge in [0.2, 0.25) is 0 Å². The first-order valence-electron chi connectivity index (χ1n) is 5.19. The monoisotopic (exact) mass is 186 g/mol. The zero-order valence-corrected chi connectivity index (χ0v) is 9.18. The largest absolute Gasteiger partial charge is 0.338 e. The SMILES string of the molecule is CCNC(=O)NC(C)C(CC)CC. The zero-order chi connectivity index (χ0) is 10.3. The number of carbonyl (C=O) groups is 1. The van der Waals surface area contributed by atoms with E-state index in [2.05, 4.69) is 31.4 Å². The van der Waals surface area contributed by atoms with Crippen LogP contribution in [-0.4, -0.2) is 18.6 Å². The van der Waals surface area contributed by atoms with Gasteiger partial charge in [-0.2, -0.15) is 0 Å². The highest BCUT2D eigenvalue weighted by Crippen LogP contribution is 2.12. The van der Waals surface area contributed by atoms with E-state index in [0.717, 1.165) is 12.8 Å². The molecule has 3 heteroatoms. The van der Waals surface area contributed by atoms with Crippen molar-refractivity contribution < 1.29 is 4.79 Å². The van der Waals surface area contributed by atoms with Crippen LogP contribution in [0.25, 0.3) is 0 Å². The van der Waals surface area contributed by atoms with Gasteiger partial charge in [0.15, 0.2) is 0 Å². The average Bonchev–Trinajstić information content (AvgIpc) is 2.06. The fraction of sp³-hybridized carbons (Fsp3) is 0.900. The summed E-state index contributed by atoms with van der Waals surface area (Å²) in [4.78, 5) is 11.2. The van der Waals surface area contributed by atoms with Crippen LogP contribution in [-0.2, 0) is 0 Å². The number of nitrogens with one attached hydrogen (secondary N) is 2. The molecule has 13 heavy (non-hydrogen) atoms. The number of hydrogen-bond donors (Lipinski definition) is 2. The molecular formula is C10H22N2O. The summed E-state index contributed by atoms with van der Waals surface area (Å²) >= 11 is 0. The van der Waals surface area contributed by atoms with Crippen molar-refractivity contribution in [1.82, 2.24) is 10.6 Å². The van der Waals surface area contributed by atoms with E-state index in [1.807, 2.05) is 6.92 Å². The molecule has 0 spiro atoms. The molecule has 0 radical (unpaired) electrons. The lowest BCUT2D eigenvalue weighted by atomic mass is 9.96. The number of hydrogen-bond acceptors (Lipinski definition) is 1. The predicted octanol–water partition coefficient (Wildman–Crippen LogP) is 2.13. The Morgan fingerprint density at radius 3 is 2.15 bits per heavy atom. The summed E-state index contributed by atoms with van der Waals surface area (Å²) in [7, 11) is 0. The molecule has 0 aromatic heterocycles. The summed E-state index contributed by atoms with van der Waals surface area (Å²) in [5.41, 5.74) is 0. The first-order valence-corrected chi connectivity index (χ1v) is 5.19. The van der Waals surface area contributed by atoms with Crippen molar-refractivity contribution >= 4 is 6.03 Å². The van der Waals surface area contributed by atoms with Crippen LogP contribution in [0.15, 0.2) is 0 Å². The Balaban J connectivity index is 3.82. The first-order chi connectivity index (χ1) is 6.15. The van der Waals surface area contributed by atoms with Crippen LogP contribution < -0.4 is 10.6 Å². The highest BCUT2D eigenvalue weighted by Gasteiger charge is 2.14. The lowest BCUT2D eigenvalue weighted by Gasteiger charge is -2.22. The van der Waals surface area contributed by atoms with Crippen molar-refractivity contribution in [3.63, 3.8) is 0 Å². The molecule has 0 bridgehead atoms. The molecule has 1 atom stereocenters. The standard InChI is InChI=1S/C10H22N2O/c1-5-9(6-2)8(4)12-10(13)11-7-3/h8-9H,5-7H2,1-4H3,(H2,11,12,13).